The number of amides is 3. The van der Waals surface area contributed by atoms with E-state index in [9.17, 15) is 24.0 Å². The lowest BCUT2D eigenvalue weighted by molar-refractivity contribution is -0.147. The Balaban J connectivity index is 1.93. The first kappa shape index (κ1) is 43.5. The largest absolute Gasteiger partial charge is 0.461 e. The van der Waals surface area contributed by atoms with Crippen molar-refractivity contribution in [2.24, 2.45) is 0 Å². The van der Waals surface area contributed by atoms with Crippen LogP contribution in [0, 0.1) is 12.3 Å². The number of carbonyl (C=O) groups excluding carboxylic acids is 5. The van der Waals surface area contributed by atoms with Gasteiger partial charge in [0.2, 0.25) is 17.7 Å². The lowest BCUT2D eigenvalue weighted by Gasteiger charge is -2.23. The second-order valence-corrected chi connectivity index (χ2v) is 12.7. The predicted molar refractivity (Wildman–Crippen MR) is 199 cm³/mol. The highest BCUT2D eigenvalue weighted by molar-refractivity contribution is 5.93. The summed E-state index contributed by atoms with van der Waals surface area (Å²) in [7, 11) is 0. The normalized spacial score (nSPS) is 11.8. The van der Waals surface area contributed by atoms with E-state index < -0.39 is 42.4 Å². The van der Waals surface area contributed by atoms with Gasteiger partial charge < -0.3 is 30.2 Å². The number of rotatable bonds is 28. The standard InChI is InChI=1S/C41H57N3O8/c1-3-5-6-7-8-9-10-11-12-13-20-25-37(45)43-36(32-50-28-4-2)41(49)44-35(26-27-38(46)51-30-33-21-16-14-17-22-33)40(48)42-29-39(47)52-31-34-23-18-15-19-24-34/h2,14-19,21-24,35-36H,3,5-13,20,25-32H2,1H3,(H,42,48)(H,43,45)(H,44,49)/t35-,36-/m0/s1. The van der Waals surface area contributed by atoms with E-state index in [0.29, 0.717) is 6.42 Å². The van der Waals surface area contributed by atoms with E-state index >= 15 is 0 Å². The van der Waals surface area contributed by atoms with Gasteiger partial charge in [-0.25, -0.2) is 0 Å². The molecular weight excluding hydrogens is 662 g/mol. The van der Waals surface area contributed by atoms with Crippen LogP contribution >= 0.6 is 0 Å². The molecular formula is C41H57N3O8. The summed E-state index contributed by atoms with van der Waals surface area (Å²) in [6, 6.07) is 15.8. The number of hydrogen-bond acceptors (Lipinski definition) is 8. The van der Waals surface area contributed by atoms with Crippen LogP contribution in [0.3, 0.4) is 0 Å². The van der Waals surface area contributed by atoms with Crippen LogP contribution in [0.15, 0.2) is 60.7 Å². The number of terminal acetylenes is 1. The molecule has 11 heteroatoms. The molecule has 3 N–H and O–H groups in total. The SMILES string of the molecule is C#CCOC[C@H](NC(=O)CCCCCCCCCCCCC)C(=O)N[C@@H](CCC(=O)OCc1ccccc1)C(=O)NCC(=O)OCc1ccccc1. The maximum absolute atomic E-state index is 13.5. The number of carbonyl (C=O) groups is 5. The second kappa shape index (κ2) is 28.0. The third-order valence-electron chi connectivity index (χ3n) is 8.29. The molecule has 11 nitrogen and oxygen atoms in total. The molecule has 3 amide bonds. The highest BCUT2D eigenvalue weighted by atomic mass is 16.5. The first-order valence-electron chi connectivity index (χ1n) is 18.6. The molecule has 2 rings (SSSR count). The zero-order valence-electron chi connectivity index (χ0n) is 30.7. The van der Waals surface area contributed by atoms with Crippen molar-refractivity contribution in [3.63, 3.8) is 0 Å². The fourth-order valence-electron chi connectivity index (χ4n) is 5.32. The van der Waals surface area contributed by atoms with E-state index in [1.807, 2.05) is 48.5 Å². The lowest BCUT2D eigenvalue weighted by atomic mass is 10.1. The number of unbranched alkanes of at least 4 members (excludes halogenated alkanes) is 10. The average molecular weight is 720 g/mol. The topological polar surface area (TPSA) is 149 Å². The van der Waals surface area contributed by atoms with Crippen LogP contribution < -0.4 is 16.0 Å². The van der Waals surface area contributed by atoms with Crippen LogP contribution in [0.5, 0.6) is 0 Å². The van der Waals surface area contributed by atoms with Crippen molar-refractivity contribution in [3.05, 3.63) is 71.8 Å². The molecule has 284 valence electrons. The molecule has 0 aliphatic heterocycles. The van der Waals surface area contributed by atoms with Crippen molar-refractivity contribution in [2.45, 2.75) is 122 Å². The summed E-state index contributed by atoms with van der Waals surface area (Å²) in [5.74, 6) is -0.668. The molecule has 0 bridgehead atoms. The molecule has 52 heavy (non-hydrogen) atoms. The van der Waals surface area contributed by atoms with Crippen molar-refractivity contribution >= 4 is 29.7 Å². The van der Waals surface area contributed by atoms with Gasteiger partial charge in [-0.3, -0.25) is 24.0 Å². The van der Waals surface area contributed by atoms with Gasteiger partial charge in [0.05, 0.1) is 6.61 Å². The Morgan fingerprint density at radius 1 is 0.654 bits per heavy atom. The number of hydrogen-bond donors (Lipinski definition) is 3. The Morgan fingerprint density at radius 2 is 1.19 bits per heavy atom. The van der Waals surface area contributed by atoms with Gasteiger partial charge in [0.25, 0.3) is 0 Å². The van der Waals surface area contributed by atoms with Crippen LogP contribution in [0.2, 0.25) is 0 Å². The molecule has 0 heterocycles. The van der Waals surface area contributed by atoms with Crippen molar-refractivity contribution < 1.29 is 38.2 Å². The van der Waals surface area contributed by atoms with Gasteiger partial charge >= 0.3 is 11.9 Å². The van der Waals surface area contributed by atoms with Crippen molar-refractivity contribution in [1.29, 1.82) is 0 Å². The summed E-state index contributed by atoms with van der Waals surface area (Å²) in [6.07, 6.45) is 17.8. The predicted octanol–water partition coefficient (Wildman–Crippen LogP) is 5.69. The van der Waals surface area contributed by atoms with Crippen LogP contribution in [0.4, 0.5) is 0 Å². The zero-order valence-corrected chi connectivity index (χ0v) is 30.7. The van der Waals surface area contributed by atoms with E-state index in [1.165, 1.54) is 44.9 Å². The summed E-state index contributed by atoms with van der Waals surface area (Å²) in [6.45, 7) is 1.53. The monoisotopic (exact) mass is 719 g/mol. The molecule has 2 atom stereocenters. The van der Waals surface area contributed by atoms with E-state index in [1.54, 1.807) is 12.1 Å². The number of benzene rings is 2. The van der Waals surface area contributed by atoms with Crippen molar-refractivity contribution in [3.8, 4) is 12.3 Å². The molecule has 0 spiro atoms. The minimum atomic E-state index is -1.24. The van der Waals surface area contributed by atoms with E-state index in [-0.39, 0.29) is 51.6 Å². The second-order valence-electron chi connectivity index (χ2n) is 12.7. The minimum Gasteiger partial charge on any atom is -0.461 e. The molecule has 0 aliphatic carbocycles. The fraction of sp³-hybridized carbons (Fsp3) is 0.537. The summed E-state index contributed by atoms with van der Waals surface area (Å²) in [4.78, 5) is 64.5. The Morgan fingerprint density at radius 3 is 1.75 bits per heavy atom. The molecule has 0 unspecified atom stereocenters. The van der Waals surface area contributed by atoms with Crippen LogP contribution in [-0.4, -0.2) is 61.5 Å². The molecule has 0 aromatic heterocycles. The molecule has 2 aromatic rings. The third-order valence-corrected chi connectivity index (χ3v) is 8.29. The maximum Gasteiger partial charge on any atom is 0.325 e. The molecule has 0 saturated carbocycles. The first-order chi connectivity index (χ1) is 25.3. The Bertz CT molecular complexity index is 1360. The third kappa shape index (κ3) is 20.9. The summed E-state index contributed by atoms with van der Waals surface area (Å²) < 4.78 is 16.0. The minimum absolute atomic E-state index is 0.0290. The van der Waals surface area contributed by atoms with Crippen LogP contribution in [0.25, 0.3) is 0 Å². The van der Waals surface area contributed by atoms with Crippen LogP contribution in [-0.2, 0) is 51.4 Å². The highest BCUT2D eigenvalue weighted by Crippen LogP contribution is 2.12. The molecule has 0 aliphatic rings. The van der Waals surface area contributed by atoms with E-state index in [0.717, 1.165) is 30.4 Å². The van der Waals surface area contributed by atoms with Gasteiger partial charge in [-0.2, -0.15) is 0 Å². The van der Waals surface area contributed by atoms with Gasteiger partial charge in [-0.1, -0.05) is 138 Å². The zero-order chi connectivity index (χ0) is 37.7. The van der Waals surface area contributed by atoms with Crippen molar-refractivity contribution in [1.82, 2.24) is 16.0 Å². The fourth-order valence-corrected chi connectivity index (χ4v) is 5.32. The first-order valence-corrected chi connectivity index (χ1v) is 18.6. The molecule has 0 saturated heterocycles. The summed E-state index contributed by atoms with van der Waals surface area (Å²) in [5, 5.41) is 7.79. The van der Waals surface area contributed by atoms with E-state index in [4.69, 9.17) is 20.6 Å². The smallest absolute Gasteiger partial charge is 0.325 e. The number of ether oxygens (including phenoxy) is 3. The Kier molecular flexibility index (Phi) is 23.4. The Labute approximate surface area is 309 Å². The van der Waals surface area contributed by atoms with Crippen LogP contribution in [0.1, 0.15) is 108 Å². The summed E-state index contributed by atoms with van der Waals surface area (Å²) >= 11 is 0. The number of esters is 2. The number of nitrogens with one attached hydrogen (secondary N) is 3. The van der Waals surface area contributed by atoms with Gasteiger partial charge in [0.15, 0.2) is 0 Å². The molecule has 2 aromatic carbocycles. The van der Waals surface area contributed by atoms with Gasteiger partial charge in [-0.15, -0.1) is 6.42 Å². The average Bonchev–Trinajstić information content (AvgIpc) is 3.16. The van der Waals surface area contributed by atoms with E-state index in [2.05, 4.69) is 28.8 Å². The summed E-state index contributed by atoms with van der Waals surface area (Å²) in [5.41, 5.74) is 1.58. The maximum atomic E-state index is 13.5. The highest BCUT2D eigenvalue weighted by Gasteiger charge is 2.28. The van der Waals surface area contributed by atoms with Gasteiger partial charge in [0.1, 0.15) is 38.4 Å². The van der Waals surface area contributed by atoms with Gasteiger partial charge in [-0.05, 0) is 24.0 Å². The lowest BCUT2D eigenvalue weighted by Crippen LogP contribution is -2.55. The molecule has 0 radical (unpaired) electrons. The molecule has 0 fully saturated rings. The Hall–Kier alpha value is -4.69. The van der Waals surface area contributed by atoms with Crippen molar-refractivity contribution in [2.75, 3.05) is 19.8 Å². The van der Waals surface area contributed by atoms with Gasteiger partial charge in [0, 0.05) is 12.8 Å². The quantitative estimate of drug-likeness (QED) is 0.0577.